The van der Waals surface area contributed by atoms with Crippen molar-refractivity contribution >= 4 is 0 Å². The van der Waals surface area contributed by atoms with Crippen LogP contribution in [0.15, 0.2) is 48.6 Å². The zero-order valence-corrected chi connectivity index (χ0v) is 15.0. The van der Waals surface area contributed by atoms with E-state index >= 15 is 0 Å². The van der Waals surface area contributed by atoms with E-state index in [1.165, 1.54) is 31.3 Å². The molecule has 0 N–H and O–H groups in total. The molecule has 0 bridgehead atoms. The van der Waals surface area contributed by atoms with Crippen molar-refractivity contribution in [3.63, 3.8) is 0 Å². The highest BCUT2D eigenvalue weighted by Gasteiger charge is 2.21. The van der Waals surface area contributed by atoms with Crippen molar-refractivity contribution in [3.8, 4) is 0 Å². The molecule has 0 aliphatic rings. The Morgan fingerprint density at radius 1 is 1.05 bits per heavy atom. The Hall–Kier alpha value is -1.04. The Morgan fingerprint density at radius 2 is 1.67 bits per heavy atom. The molecule has 0 saturated carbocycles. The molecule has 0 aromatic rings. The summed E-state index contributed by atoms with van der Waals surface area (Å²) >= 11 is 0. The summed E-state index contributed by atoms with van der Waals surface area (Å²) in [6.07, 6.45) is 14.7. The summed E-state index contributed by atoms with van der Waals surface area (Å²) in [7, 11) is 0. The zero-order valence-electron chi connectivity index (χ0n) is 15.0. The van der Waals surface area contributed by atoms with Gasteiger partial charge >= 0.3 is 0 Å². The van der Waals surface area contributed by atoms with Gasteiger partial charge in [-0.25, -0.2) is 0 Å². The average molecular weight is 289 g/mol. The van der Waals surface area contributed by atoms with Crippen LogP contribution in [0.3, 0.4) is 0 Å². The molecule has 2 atom stereocenters. The molecule has 0 fully saturated rings. The zero-order chi connectivity index (χ0) is 16.3. The lowest BCUT2D eigenvalue weighted by molar-refractivity contribution is 0.344. The van der Waals surface area contributed by atoms with Crippen molar-refractivity contribution in [2.24, 2.45) is 17.8 Å². The first kappa shape index (κ1) is 20.0. The number of hydrogen-bond donors (Lipinski definition) is 0. The summed E-state index contributed by atoms with van der Waals surface area (Å²) in [6, 6.07) is 0. The quantitative estimate of drug-likeness (QED) is 0.281. The van der Waals surface area contributed by atoms with Crippen LogP contribution in [0.5, 0.6) is 0 Å². The fraction of sp³-hybridized carbons (Fsp3) is 0.619. The van der Waals surface area contributed by atoms with Crippen LogP contribution < -0.4 is 0 Å². The van der Waals surface area contributed by atoms with Gasteiger partial charge in [-0.05, 0) is 50.4 Å². The van der Waals surface area contributed by atoms with Crippen LogP contribution in [0.1, 0.15) is 66.7 Å². The van der Waals surface area contributed by atoms with E-state index in [9.17, 15) is 0 Å². The predicted molar refractivity (Wildman–Crippen MR) is 98.5 cm³/mol. The molecule has 21 heavy (non-hydrogen) atoms. The van der Waals surface area contributed by atoms with Crippen molar-refractivity contribution in [1.29, 1.82) is 0 Å². The van der Waals surface area contributed by atoms with Crippen molar-refractivity contribution in [2.45, 2.75) is 66.7 Å². The maximum absolute atomic E-state index is 4.42. The molecule has 0 aromatic heterocycles. The van der Waals surface area contributed by atoms with E-state index in [0.29, 0.717) is 11.8 Å². The van der Waals surface area contributed by atoms with Crippen LogP contribution in [-0.4, -0.2) is 0 Å². The van der Waals surface area contributed by atoms with Gasteiger partial charge in [0.1, 0.15) is 0 Å². The fourth-order valence-corrected chi connectivity index (χ4v) is 2.98. The van der Waals surface area contributed by atoms with Crippen LogP contribution in [0.25, 0.3) is 0 Å². The Balaban J connectivity index is 4.65. The molecular weight excluding hydrogens is 252 g/mol. The van der Waals surface area contributed by atoms with Crippen molar-refractivity contribution in [2.75, 3.05) is 0 Å². The summed E-state index contributed by atoms with van der Waals surface area (Å²) in [5.74, 6) is 2.02. The van der Waals surface area contributed by atoms with Crippen LogP contribution in [-0.2, 0) is 0 Å². The molecule has 0 amide bonds. The number of allylic oxidation sites excluding steroid dienone is 6. The van der Waals surface area contributed by atoms with Gasteiger partial charge in [0, 0.05) is 0 Å². The van der Waals surface area contributed by atoms with Gasteiger partial charge in [0.15, 0.2) is 0 Å². The Kier molecular flexibility index (Phi) is 11.0. The van der Waals surface area contributed by atoms with E-state index in [0.717, 1.165) is 17.9 Å². The maximum atomic E-state index is 4.42. The van der Waals surface area contributed by atoms with Gasteiger partial charge < -0.3 is 0 Å². The second-order valence-electron chi connectivity index (χ2n) is 6.30. The SMILES string of the molecule is C=C(C)C=CC=CCC(CCC)C(C)C(=C)C(CC)CC. The first-order valence-corrected chi connectivity index (χ1v) is 8.65. The number of rotatable bonds is 11. The van der Waals surface area contributed by atoms with Crippen LogP contribution >= 0.6 is 0 Å². The van der Waals surface area contributed by atoms with Crippen molar-refractivity contribution in [3.05, 3.63) is 48.6 Å². The summed E-state index contributed by atoms with van der Waals surface area (Å²) in [4.78, 5) is 0. The second kappa shape index (κ2) is 11.6. The predicted octanol–water partition coefficient (Wildman–Crippen LogP) is 7.11. The molecule has 0 saturated heterocycles. The van der Waals surface area contributed by atoms with Gasteiger partial charge in [0.25, 0.3) is 0 Å². The highest BCUT2D eigenvalue weighted by atomic mass is 14.3. The second-order valence-corrected chi connectivity index (χ2v) is 6.30. The van der Waals surface area contributed by atoms with E-state index in [1.807, 2.05) is 6.92 Å². The highest BCUT2D eigenvalue weighted by Crippen LogP contribution is 2.33. The Bertz CT molecular complexity index is 352. The molecule has 120 valence electrons. The monoisotopic (exact) mass is 288 g/mol. The molecule has 0 heteroatoms. The standard InChI is InChI=1S/C21H36/c1-8-14-21(16-13-11-12-15-17(4)5)19(7)18(6)20(9-2)10-3/h11-13,15,19-21H,4,6,8-10,14,16H2,1-3,5,7H3. The van der Waals surface area contributed by atoms with Crippen LogP contribution in [0, 0.1) is 17.8 Å². The summed E-state index contributed by atoms with van der Waals surface area (Å²) < 4.78 is 0. The van der Waals surface area contributed by atoms with Gasteiger partial charge in [-0.1, -0.05) is 82.7 Å². The Labute approximate surface area is 133 Å². The van der Waals surface area contributed by atoms with E-state index in [4.69, 9.17) is 0 Å². The molecule has 0 radical (unpaired) electrons. The van der Waals surface area contributed by atoms with Crippen molar-refractivity contribution in [1.82, 2.24) is 0 Å². The van der Waals surface area contributed by atoms with Crippen molar-refractivity contribution < 1.29 is 0 Å². The fourth-order valence-electron chi connectivity index (χ4n) is 2.98. The molecule has 0 nitrogen and oxygen atoms in total. The third kappa shape index (κ3) is 8.09. The molecular formula is C21H36. The van der Waals surface area contributed by atoms with Gasteiger partial charge in [-0.2, -0.15) is 0 Å². The lowest BCUT2D eigenvalue weighted by Gasteiger charge is -2.29. The third-order valence-electron chi connectivity index (χ3n) is 4.53. The lowest BCUT2D eigenvalue weighted by Crippen LogP contribution is -2.18. The smallest absolute Gasteiger partial charge is 0.0200 e. The molecule has 0 aromatic carbocycles. The molecule has 0 heterocycles. The van der Waals surface area contributed by atoms with E-state index in [2.05, 4.69) is 65.2 Å². The van der Waals surface area contributed by atoms with Crippen LogP contribution in [0.2, 0.25) is 0 Å². The Morgan fingerprint density at radius 3 is 2.14 bits per heavy atom. The largest absolute Gasteiger partial charge is 0.0993 e. The minimum Gasteiger partial charge on any atom is -0.0993 e. The number of hydrogen-bond acceptors (Lipinski definition) is 0. The molecule has 2 unspecified atom stereocenters. The van der Waals surface area contributed by atoms with Crippen LogP contribution in [0.4, 0.5) is 0 Å². The maximum Gasteiger partial charge on any atom is -0.0200 e. The molecule has 0 rings (SSSR count). The van der Waals surface area contributed by atoms with Gasteiger partial charge in [-0.3, -0.25) is 0 Å². The average Bonchev–Trinajstić information content (AvgIpc) is 2.45. The minimum atomic E-state index is 0.615. The molecule has 0 aliphatic carbocycles. The highest BCUT2D eigenvalue weighted by molar-refractivity contribution is 5.17. The molecule has 0 aliphatic heterocycles. The van der Waals surface area contributed by atoms with Gasteiger partial charge in [-0.15, -0.1) is 0 Å². The lowest BCUT2D eigenvalue weighted by atomic mass is 9.77. The van der Waals surface area contributed by atoms with Gasteiger partial charge in [0.2, 0.25) is 0 Å². The minimum absolute atomic E-state index is 0.615. The summed E-state index contributed by atoms with van der Waals surface area (Å²) in [6.45, 7) is 19.5. The summed E-state index contributed by atoms with van der Waals surface area (Å²) in [5, 5.41) is 0. The first-order chi connectivity index (χ1) is 9.97. The summed E-state index contributed by atoms with van der Waals surface area (Å²) in [5.41, 5.74) is 2.56. The van der Waals surface area contributed by atoms with E-state index in [-0.39, 0.29) is 0 Å². The van der Waals surface area contributed by atoms with Gasteiger partial charge in [0.05, 0.1) is 0 Å². The third-order valence-corrected chi connectivity index (χ3v) is 4.53. The van der Waals surface area contributed by atoms with E-state index < -0.39 is 0 Å². The topological polar surface area (TPSA) is 0 Å². The first-order valence-electron chi connectivity index (χ1n) is 8.65. The normalized spacial score (nSPS) is 15.0. The molecule has 0 spiro atoms. The van der Waals surface area contributed by atoms with E-state index in [1.54, 1.807) is 0 Å².